The minimum Gasteiger partial charge on any atom is -0.497 e. The van der Waals surface area contributed by atoms with E-state index in [1.165, 1.54) is 12.1 Å². The fourth-order valence-electron chi connectivity index (χ4n) is 3.83. The highest BCUT2D eigenvalue weighted by atomic mass is 35.5. The van der Waals surface area contributed by atoms with Gasteiger partial charge in [0, 0.05) is 31.0 Å². The number of piperidine rings is 1. The summed E-state index contributed by atoms with van der Waals surface area (Å²) in [6.45, 7) is 1.10. The van der Waals surface area contributed by atoms with Crippen LogP contribution < -0.4 is 9.64 Å². The first-order chi connectivity index (χ1) is 15.8. The zero-order valence-electron chi connectivity index (χ0n) is 17.8. The third kappa shape index (κ3) is 5.13. The van der Waals surface area contributed by atoms with Crippen LogP contribution in [0.4, 0.5) is 10.8 Å². The Hall–Kier alpha value is -2.69. The van der Waals surface area contributed by atoms with Crippen molar-refractivity contribution in [3.63, 3.8) is 0 Å². The third-order valence-electron chi connectivity index (χ3n) is 5.68. The molecule has 2 aromatic carbocycles. The third-order valence-corrected chi connectivity index (χ3v) is 9.21. The quantitative estimate of drug-likeness (QED) is 0.336. The molecule has 0 spiro atoms. The Morgan fingerprint density at radius 1 is 1.21 bits per heavy atom. The molecule has 3 aromatic rings. The average Bonchev–Trinajstić information content (AvgIpc) is 3.28. The molecule has 1 fully saturated rings. The lowest BCUT2D eigenvalue weighted by atomic mass is 10.1. The average molecular weight is 508 g/mol. The summed E-state index contributed by atoms with van der Waals surface area (Å²) in [6.07, 6.45) is 1.55. The molecule has 0 N–H and O–H groups in total. The van der Waals surface area contributed by atoms with E-state index in [4.69, 9.17) is 21.3 Å². The van der Waals surface area contributed by atoms with Gasteiger partial charge in [-0.2, -0.15) is 0 Å². The molecule has 1 aliphatic rings. The van der Waals surface area contributed by atoms with E-state index in [1.807, 2.05) is 29.6 Å². The molecule has 1 aliphatic heterocycles. The molecule has 0 atom stereocenters. The number of benzene rings is 2. The Bertz CT molecular complexity index is 1250. The number of sulfone groups is 1. The number of nitro groups is 1. The number of ether oxygens (including phenoxy) is 1. The number of hydrogen-bond donors (Lipinski definition) is 0. The zero-order valence-corrected chi connectivity index (χ0v) is 20.2. The topological polar surface area (TPSA) is 103 Å². The largest absolute Gasteiger partial charge is 0.497 e. The van der Waals surface area contributed by atoms with Crippen LogP contribution in [0.2, 0.25) is 5.02 Å². The van der Waals surface area contributed by atoms with Gasteiger partial charge in [-0.25, -0.2) is 13.4 Å². The summed E-state index contributed by atoms with van der Waals surface area (Å²) in [5.74, 6) is 0.809. The molecule has 0 aliphatic carbocycles. The molecule has 4 rings (SSSR count). The molecule has 1 aromatic heterocycles. The van der Waals surface area contributed by atoms with Gasteiger partial charge in [-0.15, -0.1) is 11.3 Å². The number of thiazole rings is 1. The van der Waals surface area contributed by atoms with E-state index in [1.54, 1.807) is 18.4 Å². The first kappa shape index (κ1) is 23.5. The van der Waals surface area contributed by atoms with Gasteiger partial charge in [0.2, 0.25) is 0 Å². The van der Waals surface area contributed by atoms with E-state index >= 15 is 0 Å². The highest BCUT2D eigenvalue weighted by Gasteiger charge is 2.33. The maximum atomic E-state index is 13.1. The lowest BCUT2D eigenvalue weighted by Gasteiger charge is -2.31. The van der Waals surface area contributed by atoms with Crippen LogP contribution in [0.3, 0.4) is 0 Å². The lowest BCUT2D eigenvalue weighted by Crippen LogP contribution is -2.39. The minimum atomic E-state index is -3.70. The number of methoxy groups -OCH3 is 1. The smallest absolute Gasteiger partial charge is 0.289 e. The number of hydrogen-bond acceptors (Lipinski definition) is 8. The van der Waals surface area contributed by atoms with Crippen LogP contribution in [0, 0.1) is 10.1 Å². The van der Waals surface area contributed by atoms with Gasteiger partial charge in [0.25, 0.3) is 5.69 Å². The predicted octanol–water partition coefficient (Wildman–Crippen LogP) is 4.75. The number of halogens is 1. The highest BCUT2D eigenvalue weighted by molar-refractivity contribution is 7.92. The van der Waals surface area contributed by atoms with E-state index < -0.39 is 25.7 Å². The summed E-state index contributed by atoms with van der Waals surface area (Å²) in [4.78, 5) is 17.2. The molecule has 1 saturated heterocycles. The summed E-state index contributed by atoms with van der Waals surface area (Å²) < 4.78 is 31.3. The Morgan fingerprint density at radius 2 is 1.91 bits per heavy atom. The van der Waals surface area contributed by atoms with Gasteiger partial charge in [0.15, 0.2) is 15.0 Å². The van der Waals surface area contributed by atoms with Crippen molar-refractivity contribution in [2.75, 3.05) is 25.1 Å². The summed E-state index contributed by atoms with van der Waals surface area (Å²) in [5, 5.41) is 13.3. The van der Waals surface area contributed by atoms with Crippen molar-refractivity contribution in [1.29, 1.82) is 0 Å². The summed E-state index contributed by atoms with van der Waals surface area (Å²) in [5.41, 5.74) is 1.69. The highest BCUT2D eigenvalue weighted by Crippen LogP contribution is 2.33. The van der Waals surface area contributed by atoms with E-state index in [9.17, 15) is 18.5 Å². The van der Waals surface area contributed by atoms with Crippen LogP contribution in [-0.4, -0.2) is 43.8 Å². The first-order valence-electron chi connectivity index (χ1n) is 10.3. The lowest BCUT2D eigenvalue weighted by molar-refractivity contribution is -0.384. The van der Waals surface area contributed by atoms with Crippen molar-refractivity contribution < 1.29 is 18.1 Å². The number of nitro benzene ring substituents is 1. The summed E-state index contributed by atoms with van der Waals surface area (Å²) in [6, 6.07) is 11.5. The number of anilines is 1. The van der Waals surface area contributed by atoms with Crippen molar-refractivity contribution in [1.82, 2.24) is 4.98 Å². The molecule has 33 heavy (non-hydrogen) atoms. The van der Waals surface area contributed by atoms with Gasteiger partial charge in [0.05, 0.1) is 27.9 Å². The zero-order chi connectivity index (χ0) is 23.6. The minimum absolute atomic E-state index is 0.0620. The Balaban J connectivity index is 1.40. The molecule has 2 heterocycles. The van der Waals surface area contributed by atoms with Gasteiger partial charge in [-0.3, -0.25) is 10.1 Å². The molecule has 174 valence electrons. The van der Waals surface area contributed by atoms with Crippen LogP contribution in [-0.2, 0) is 16.3 Å². The second kappa shape index (κ2) is 9.66. The maximum absolute atomic E-state index is 13.1. The van der Waals surface area contributed by atoms with Gasteiger partial charge in [-0.1, -0.05) is 23.7 Å². The standard InChI is InChI=1S/C22H22ClN3O5S2/c1-31-17-4-2-15(3-5-17)12-16-14-32-22(24-16)25-10-8-18(9-11-25)33(29,30)19-6-7-20(23)21(13-19)26(27)28/h2-7,13-14,18H,8-12H2,1H3. The predicted molar refractivity (Wildman–Crippen MR) is 128 cm³/mol. The number of rotatable bonds is 7. The fraction of sp³-hybridized carbons (Fsp3) is 0.318. The molecular weight excluding hydrogens is 486 g/mol. The molecule has 0 saturated carbocycles. The Labute approximate surface area is 200 Å². The van der Waals surface area contributed by atoms with Gasteiger partial charge >= 0.3 is 0 Å². The summed E-state index contributed by atoms with van der Waals surface area (Å²) in [7, 11) is -2.06. The fourth-order valence-corrected chi connectivity index (χ4v) is 6.65. The van der Waals surface area contributed by atoms with Crippen molar-refractivity contribution in [2.45, 2.75) is 29.4 Å². The van der Waals surface area contributed by atoms with Crippen LogP contribution in [0.15, 0.2) is 52.7 Å². The monoisotopic (exact) mass is 507 g/mol. The first-order valence-corrected chi connectivity index (χ1v) is 13.1. The Kier molecular flexibility index (Phi) is 6.87. The summed E-state index contributed by atoms with van der Waals surface area (Å²) >= 11 is 7.37. The maximum Gasteiger partial charge on any atom is 0.289 e. The van der Waals surface area contributed by atoms with Crippen molar-refractivity contribution in [3.05, 3.63) is 74.2 Å². The Morgan fingerprint density at radius 3 is 2.55 bits per heavy atom. The second-order valence-corrected chi connectivity index (χ2v) is 11.2. The van der Waals surface area contributed by atoms with Crippen molar-refractivity contribution in [2.24, 2.45) is 0 Å². The second-order valence-electron chi connectivity index (χ2n) is 7.75. The number of nitrogens with zero attached hydrogens (tertiary/aromatic N) is 3. The van der Waals surface area contributed by atoms with Crippen LogP contribution in [0.1, 0.15) is 24.1 Å². The SMILES string of the molecule is COc1ccc(Cc2csc(N3CCC(S(=O)(=O)c4ccc(Cl)c([N+](=O)[O-])c4)CC3)n2)cc1. The van der Waals surface area contributed by atoms with Gasteiger partial charge in [-0.05, 0) is 42.7 Å². The molecule has 0 radical (unpaired) electrons. The van der Waals surface area contributed by atoms with E-state index in [0.717, 1.165) is 28.2 Å². The molecule has 0 bridgehead atoms. The van der Waals surface area contributed by atoms with Crippen LogP contribution in [0.25, 0.3) is 0 Å². The van der Waals surface area contributed by atoms with Crippen molar-refractivity contribution >= 4 is 43.6 Å². The molecule has 0 unspecified atom stereocenters. The van der Waals surface area contributed by atoms with E-state index in [-0.39, 0.29) is 9.92 Å². The van der Waals surface area contributed by atoms with E-state index in [0.29, 0.717) is 32.4 Å². The molecule has 0 amide bonds. The molecule has 8 nitrogen and oxygen atoms in total. The van der Waals surface area contributed by atoms with Crippen LogP contribution in [0.5, 0.6) is 5.75 Å². The van der Waals surface area contributed by atoms with Gasteiger partial charge < -0.3 is 9.64 Å². The molecule has 11 heteroatoms. The normalized spacial score (nSPS) is 14.9. The molecular formula is C22H22ClN3O5S2. The van der Waals surface area contributed by atoms with Crippen LogP contribution >= 0.6 is 22.9 Å². The van der Waals surface area contributed by atoms with E-state index in [2.05, 4.69) is 4.90 Å². The van der Waals surface area contributed by atoms with Crippen molar-refractivity contribution in [3.8, 4) is 5.75 Å². The number of aromatic nitrogens is 1. The van der Waals surface area contributed by atoms with Gasteiger partial charge in [0.1, 0.15) is 10.8 Å².